The number of nitrogens with one attached hydrogen (secondary N) is 1. The van der Waals surface area contributed by atoms with E-state index in [1.54, 1.807) is 0 Å². The van der Waals surface area contributed by atoms with E-state index in [1.807, 2.05) is 0 Å². The van der Waals surface area contributed by atoms with Crippen LogP contribution in [-0.4, -0.2) is 12.6 Å². The summed E-state index contributed by atoms with van der Waals surface area (Å²) in [5.41, 5.74) is 5.73. The van der Waals surface area contributed by atoms with Gasteiger partial charge in [0.25, 0.3) is 0 Å². The SMILES string of the molecule is Cc1ccc(C2CCNC2Cc2ccccc2)cc1C. The van der Waals surface area contributed by atoms with Crippen molar-refractivity contribution < 1.29 is 0 Å². The van der Waals surface area contributed by atoms with Gasteiger partial charge in [-0.3, -0.25) is 0 Å². The van der Waals surface area contributed by atoms with Crippen LogP contribution in [-0.2, 0) is 6.42 Å². The highest BCUT2D eigenvalue weighted by atomic mass is 14.9. The van der Waals surface area contributed by atoms with Crippen LogP contribution in [0, 0.1) is 13.8 Å². The minimum absolute atomic E-state index is 0.569. The van der Waals surface area contributed by atoms with Crippen LogP contribution >= 0.6 is 0 Å². The van der Waals surface area contributed by atoms with Gasteiger partial charge in [-0.25, -0.2) is 0 Å². The third kappa shape index (κ3) is 2.78. The smallest absolute Gasteiger partial charge is 0.0177 e. The van der Waals surface area contributed by atoms with Crippen molar-refractivity contribution in [2.45, 2.75) is 38.6 Å². The molecule has 2 atom stereocenters. The maximum atomic E-state index is 3.69. The van der Waals surface area contributed by atoms with Gasteiger partial charge in [-0.05, 0) is 55.5 Å². The molecular weight excluding hydrogens is 242 g/mol. The summed E-state index contributed by atoms with van der Waals surface area (Å²) in [6.45, 7) is 5.54. The molecule has 1 heterocycles. The Labute approximate surface area is 122 Å². The molecule has 1 fully saturated rings. The highest BCUT2D eigenvalue weighted by Gasteiger charge is 2.28. The van der Waals surface area contributed by atoms with Crippen LogP contribution in [0.4, 0.5) is 0 Å². The van der Waals surface area contributed by atoms with Gasteiger partial charge in [0.2, 0.25) is 0 Å². The highest BCUT2D eigenvalue weighted by molar-refractivity contribution is 5.34. The van der Waals surface area contributed by atoms with E-state index in [0.29, 0.717) is 12.0 Å². The van der Waals surface area contributed by atoms with Crippen molar-refractivity contribution in [2.24, 2.45) is 0 Å². The summed E-state index contributed by atoms with van der Waals surface area (Å²) in [5, 5.41) is 3.69. The van der Waals surface area contributed by atoms with Gasteiger partial charge in [-0.2, -0.15) is 0 Å². The molecule has 1 N–H and O–H groups in total. The Morgan fingerprint density at radius 2 is 1.80 bits per heavy atom. The predicted octanol–water partition coefficient (Wildman–Crippen LogP) is 3.99. The fraction of sp³-hybridized carbons (Fsp3) is 0.368. The zero-order valence-corrected chi connectivity index (χ0v) is 12.4. The summed E-state index contributed by atoms with van der Waals surface area (Å²) in [5.74, 6) is 0.648. The average Bonchev–Trinajstić information content (AvgIpc) is 2.91. The van der Waals surface area contributed by atoms with Crippen LogP contribution in [0.3, 0.4) is 0 Å². The van der Waals surface area contributed by atoms with Crippen molar-refractivity contribution in [3.8, 4) is 0 Å². The van der Waals surface area contributed by atoms with Crippen LogP contribution in [0.1, 0.15) is 34.6 Å². The molecule has 1 saturated heterocycles. The van der Waals surface area contributed by atoms with Gasteiger partial charge in [-0.15, -0.1) is 0 Å². The molecule has 0 radical (unpaired) electrons. The van der Waals surface area contributed by atoms with E-state index >= 15 is 0 Å². The number of benzene rings is 2. The van der Waals surface area contributed by atoms with Gasteiger partial charge in [0.05, 0.1) is 0 Å². The van der Waals surface area contributed by atoms with Gasteiger partial charge < -0.3 is 5.32 Å². The molecule has 104 valence electrons. The maximum Gasteiger partial charge on any atom is 0.0177 e. The Hall–Kier alpha value is -1.60. The standard InChI is InChI=1S/C19H23N/c1-14-8-9-17(12-15(14)2)18-10-11-20-19(18)13-16-6-4-3-5-7-16/h3-9,12,18-20H,10-11,13H2,1-2H3. The average molecular weight is 265 g/mol. The van der Waals surface area contributed by atoms with Crippen molar-refractivity contribution in [2.75, 3.05) is 6.54 Å². The van der Waals surface area contributed by atoms with E-state index in [1.165, 1.54) is 28.7 Å². The van der Waals surface area contributed by atoms with Gasteiger partial charge >= 0.3 is 0 Å². The highest BCUT2D eigenvalue weighted by Crippen LogP contribution is 2.30. The van der Waals surface area contributed by atoms with Crippen molar-refractivity contribution in [1.29, 1.82) is 0 Å². The van der Waals surface area contributed by atoms with Crippen LogP contribution in [0.15, 0.2) is 48.5 Å². The van der Waals surface area contributed by atoms with Gasteiger partial charge in [0.15, 0.2) is 0 Å². The van der Waals surface area contributed by atoms with Crippen LogP contribution in [0.25, 0.3) is 0 Å². The minimum Gasteiger partial charge on any atom is -0.313 e. The molecular formula is C19H23N. The quantitative estimate of drug-likeness (QED) is 0.884. The van der Waals surface area contributed by atoms with Crippen molar-refractivity contribution in [1.82, 2.24) is 5.32 Å². The van der Waals surface area contributed by atoms with E-state index in [2.05, 4.69) is 67.7 Å². The lowest BCUT2D eigenvalue weighted by Crippen LogP contribution is -2.28. The lowest BCUT2D eigenvalue weighted by atomic mass is 9.87. The second kappa shape index (κ2) is 5.80. The topological polar surface area (TPSA) is 12.0 Å². The first-order chi connectivity index (χ1) is 9.74. The van der Waals surface area contributed by atoms with E-state index in [4.69, 9.17) is 0 Å². The molecule has 2 aromatic rings. The second-order valence-electron chi connectivity index (χ2n) is 5.99. The molecule has 0 aliphatic carbocycles. The molecule has 1 nitrogen and oxygen atoms in total. The number of hydrogen-bond donors (Lipinski definition) is 1. The fourth-order valence-electron chi connectivity index (χ4n) is 3.24. The summed E-state index contributed by atoms with van der Waals surface area (Å²) < 4.78 is 0. The summed E-state index contributed by atoms with van der Waals surface area (Å²) in [6, 6.07) is 18.4. The zero-order chi connectivity index (χ0) is 13.9. The summed E-state index contributed by atoms with van der Waals surface area (Å²) >= 11 is 0. The summed E-state index contributed by atoms with van der Waals surface area (Å²) in [7, 11) is 0. The molecule has 2 unspecified atom stereocenters. The molecule has 0 saturated carbocycles. The van der Waals surface area contributed by atoms with Crippen LogP contribution in [0.2, 0.25) is 0 Å². The van der Waals surface area contributed by atoms with Crippen molar-refractivity contribution >= 4 is 0 Å². The molecule has 1 aliphatic heterocycles. The Balaban J connectivity index is 1.80. The Kier molecular flexibility index (Phi) is 3.88. The van der Waals surface area contributed by atoms with Crippen molar-refractivity contribution in [3.05, 3.63) is 70.8 Å². The molecule has 0 aromatic heterocycles. The molecule has 2 aromatic carbocycles. The maximum absolute atomic E-state index is 3.69. The molecule has 1 heteroatoms. The first-order valence-electron chi connectivity index (χ1n) is 7.58. The Morgan fingerprint density at radius 3 is 2.55 bits per heavy atom. The number of hydrogen-bond acceptors (Lipinski definition) is 1. The first-order valence-corrected chi connectivity index (χ1v) is 7.58. The molecule has 20 heavy (non-hydrogen) atoms. The lowest BCUT2D eigenvalue weighted by molar-refractivity contribution is 0.544. The van der Waals surface area contributed by atoms with Gasteiger partial charge in [-0.1, -0.05) is 48.5 Å². The third-order valence-corrected chi connectivity index (χ3v) is 4.61. The van der Waals surface area contributed by atoms with E-state index in [0.717, 1.165) is 13.0 Å². The fourth-order valence-corrected chi connectivity index (χ4v) is 3.24. The normalized spacial score (nSPS) is 22.1. The first kappa shape index (κ1) is 13.4. The van der Waals surface area contributed by atoms with Gasteiger partial charge in [0, 0.05) is 12.0 Å². The van der Waals surface area contributed by atoms with E-state index in [9.17, 15) is 0 Å². The molecule has 0 amide bonds. The molecule has 3 rings (SSSR count). The predicted molar refractivity (Wildman–Crippen MR) is 85.2 cm³/mol. The summed E-state index contributed by atoms with van der Waals surface area (Å²) in [6.07, 6.45) is 2.37. The van der Waals surface area contributed by atoms with E-state index < -0.39 is 0 Å². The van der Waals surface area contributed by atoms with Crippen LogP contribution in [0.5, 0.6) is 0 Å². The van der Waals surface area contributed by atoms with E-state index in [-0.39, 0.29) is 0 Å². The van der Waals surface area contributed by atoms with Crippen LogP contribution < -0.4 is 5.32 Å². The third-order valence-electron chi connectivity index (χ3n) is 4.61. The Bertz CT molecular complexity index is 574. The van der Waals surface area contributed by atoms with Crippen molar-refractivity contribution in [3.63, 3.8) is 0 Å². The Morgan fingerprint density at radius 1 is 1.00 bits per heavy atom. The number of rotatable bonds is 3. The summed E-state index contributed by atoms with van der Waals surface area (Å²) in [4.78, 5) is 0. The molecule has 1 aliphatic rings. The lowest BCUT2D eigenvalue weighted by Gasteiger charge is -2.21. The monoisotopic (exact) mass is 265 g/mol. The second-order valence-corrected chi connectivity index (χ2v) is 5.99. The van der Waals surface area contributed by atoms with Gasteiger partial charge in [0.1, 0.15) is 0 Å². The number of aryl methyl sites for hydroxylation is 2. The molecule has 0 bridgehead atoms. The largest absolute Gasteiger partial charge is 0.313 e. The zero-order valence-electron chi connectivity index (χ0n) is 12.4. The molecule has 0 spiro atoms. The minimum atomic E-state index is 0.569.